The number of carbonyl (C=O) groups is 1. The number of amides is 1. The van der Waals surface area contributed by atoms with Gasteiger partial charge in [0.2, 0.25) is 5.91 Å². The minimum atomic E-state index is -4.25. The molecule has 11 heteroatoms. The van der Waals surface area contributed by atoms with Gasteiger partial charge in [-0.15, -0.1) is 0 Å². The molecule has 0 spiro atoms. The first-order valence-electron chi connectivity index (χ1n) is 11.7. The van der Waals surface area contributed by atoms with Gasteiger partial charge in [0.05, 0.1) is 38.0 Å². The molecular weight excluding hydrogens is 515 g/mol. The van der Waals surface area contributed by atoms with Crippen molar-refractivity contribution in [3.63, 3.8) is 0 Å². The third-order valence-corrected chi connectivity index (χ3v) is 7.20. The first-order chi connectivity index (χ1) is 18.1. The fourth-order valence-electron chi connectivity index (χ4n) is 3.59. The highest BCUT2D eigenvalue weighted by atomic mass is 32.2. The fraction of sp³-hybridized carbons (Fsp3) is 0.296. The van der Waals surface area contributed by atoms with E-state index in [1.165, 1.54) is 51.7 Å². The number of hydrogen-bond acceptors (Lipinski definition) is 7. The molecule has 0 fully saturated rings. The smallest absolute Gasteiger partial charge is 0.264 e. The molecule has 0 aromatic heterocycles. The first kappa shape index (κ1) is 28.6. The van der Waals surface area contributed by atoms with Crippen LogP contribution in [-0.2, 0) is 21.4 Å². The molecular formula is C27H31FN2O7S. The molecule has 0 atom stereocenters. The zero-order valence-electron chi connectivity index (χ0n) is 21.9. The van der Waals surface area contributed by atoms with Gasteiger partial charge in [-0.3, -0.25) is 9.10 Å². The highest BCUT2D eigenvalue weighted by Gasteiger charge is 2.28. The molecule has 3 aromatic carbocycles. The summed E-state index contributed by atoms with van der Waals surface area (Å²) in [5.74, 6) is 0.518. The monoisotopic (exact) mass is 546 g/mol. The van der Waals surface area contributed by atoms with Gasteiger partial charge in [-0.05, 0) is 67.9 Å². The molecule has 0 aliphatic rings. The third-order valence-electron chi connectivity index (χ3n) is 5.43. The predicted octanol–water partition coefficient (Wildman–Crippen LogP) is 4.15. The summed E-state index contributed by atoms with van der Waals surface area (Å²) in [6.07, 6.45) is -0.0421. The van der Waals surface area contributed by atoms with Gasteiger partial charge in [-0.1, -0.05) is 6.07 Å². The zero-order chi connectivity index (χ0) is 27.9. The lowest BCUT2D eigenvalue weighted by Gasteiger charge is -2.24. The second-order valence-corrected chi connectivity index (χ2v) is 10.3. The molecule has 0 aliphatic carbocycles. The normalized spacial score (nSPS) is 11.1. The van der Waals surface area contributed by atoms with Crippen LogP contribution in [0.4, 0.5) is 10.1 Å². The number of benzene rings is 3. The van der Waals surface area contributed by atoms with Crippen molar-refractivity contribution < 1.29 is 36.6 Å². The number of ether oxygens (including phenoxy) is 4. The van der Waals surface area contributed by atoms with Crippen LogP contribution in [0.25, 0.3) is 0 Å². The number of carbonyl (C=O) groups excluding carboxylic acids is 1. The summed E-state index contributed by atoms with van der Waals surface area (Å²) in [6, 6.07) is 14.2. The van der Waals surface area contributed by atoms with Crippen LogP contribution < -0.4 is 28.6 Å². The largest absolute Gasteiger partial charge is 0.493 e. The highest BCUT2D eigenvalue weighted by molar-refractivity contribution is 7.92. The van der Waals surface area contributed by atoms with E-state index in [4.69, 9.17) is 18.9 Å². The van der Waals surface area contributed by atoms with Crippen molar-refractivity contribution in [3.8, 4) is 23.0 Å². The Morgan fingerprint density at radius 1 is 0.868 bits per heavy atom. The van der Waals surface area contributed by atoms with Crippen molar-refractivity contribution in [2.75, 3.05) is 32.2 Å². The van der Waals surface area contributed by atoms with Gasteiger partial charge in [0.1, 0.15) is 12.4 Å². The third kappa shape index (κ3) is 6.86. The van der Waals surface area contributed by atoms with Gasteiger partial charge in [0.25, 0.3) is 10.0 Å². The number of rotatable bonds is 12. The maximum absolute atomic E-state index is 13.6. The number of nitrogens with one attached hydrogen (secondary N) is 1. The van der Waals surface area contributed by atoms with Crippen LogP contribution in [0.3, 0.4) is 0 Å². The molecule has 38 heavy (non-hydrogen) atoms. The van der Waals surface area contributed by atoms with E-state index in [0.717, 1.165) is 22.0 Å². The quantitative estimate of drug-likeness (QED) is 0.364. The fourth-order valence-corrected chi connectivity index (χ4v) is 5.02. The van der Waals surface area contributed by atoms with Crippen molar-refractivity contribution in [1.29, 1.82) is 0 Å². The Hall–Kier alpha value is -3.99. The zero-order valence-corrected chi connectivity index (χ0v) is 22.7. The standard InChI is InChI=1S/C27H31FN2O7S/c1-18(2)37-24-12-6-19(14-25(24)35-4)16-29-27(31)17-30(21-9-7-20(28)8-10-21)38(32,33)22-11-13-23(34-3)26(15-22)36-5/h6-15,18H,16-17H2,1-5H3,(H,29,31). The van der Waals surface area contributed by atoms with Gasteiger partial charge in [0.15, 0.2) is 23.0 Å². The van der Waals surface area contributed by atoms with Gasteiger partial charge < -0.3 is 24.3 Å². The molecule has 3 rings (SSSR count). The van der Waals surface area contributed by atoms with Crippen molar-refractivity contribution in [1.82, 2.24) is 5.32 Å². The maximum atomic E-state index is 13.6. The summed E-state index contributed by atoms with van der Waals surface area (Å²) < 4.78 is 63.3. The summed E-state index contributed by atoms with van der Waals surface area (Å²) >= 11 is 0. The van der Waals surface area contributed by atoms with Gasteiger partial charge >= 0.3 is 0 Å². The van der Waals surface area contributed by atoms with E-state index in [-0.39, 0.29) is 29.0 Å². The van der Waals surface area contributed by atoms with E-state index in [1.807, 2.05) is 13.8 Å². The minimum Gasteiger partial charge on any atom is -0.493 e. The molecule has 3 aromatic rings. The molecule has 0 heterocycles. The summed E-state index contributed by atoms with van der Waals surface area (Å²) in [7, 11) is 0.0829. The Bertz CT molecular complexity index is 1360. The molecule has 9 nitrogen and oxygen atoms in total. The van der Waals surface area contributed by atoms with Crippen molar-refractivity contribution in [2.24, 2.45) is 0 Å². The summed E-state index contributed by atoms with van der Waals surface area (Å²) in [5, 5.41) is 2.73. The second kappa shape index (κ2) is 12.5. The SMILES string of the molecule is COc1ccc(S(=O)(=O)N(CC(=O)NCc2ccc(OC(C)C)c(OC)c2)c2ccc(F)cc2)cc1OC. The number of sulfonamides is 1. The Morgan fingerprint density at radius 2 is 1.47 bits per heavy atom. The number of anilines is 1. The number of halogens is 1. The van der Waals surface area contributed by atoms with Crippen LogP contribution in [0.1, 0.15) is 19.4 Å². The van der Waals surface area contributed by atoms with Gasteiger partial charge in [-0.25, -0.2) is 12.8 Å². The Kier molecular flexibility index (Phi) is 9.40. The van der Waals surface area contributed by atoms with Crippen LogP contribution in [0.5, 0.6) is 23.0 Å². The van der Waals surface area contributed by atoms with E-state index in [2.05, 4.69) is 5.32 Å². The van der Waals surface area contributed by atoms with Crippen molar-refractivity contribution in [3.05, 3.63) is 72.0 Å². The molecule has 0 unspecified atom stereocenters. The second-order valence-electron chi connectivity index (χ2n) is 8.43. The van der Waals surface area contributed by atoms with Gasteiger partial charge in [-0.2, -0.15) is 0 Å². The predicted molar refractivity (Wildman–Crippen MR) is 141 cm³/mol. The highest BCUT2D eigenvalue weighted by Crippen LogP contribution is 2.32. The van der Waals surface area contributed by atoms with E-state index in [0.29, 0.717) is 17.2 Å². The molecule has 0 aliphatic heterocycles. The molecule has 0 saturated carbocycles. The van der Waals surface area contributed by atoms with Crippen LogP contribution >= 0.6 is 0 Å². The van der Waals surface area contributed by atoms with E-state index >= 15 is 0 Å². The average molecular weight is 547 g/mol. The first-order valence-corrected chi connectivity index (χ1v) is 13.1. The molecule has 204 valence electrons. The van der Waals surface area contributed by atoms with E-state index < -0.39 is 28.3 Å². The lowest BCUT2D eigenvalue weighted by molar-refractivity contribution is -0.119. The molecule has 0 saturated heterocycles. The Balaban J connectivity index is 1.85. The van der Waals surface area contributed by atoms with Crippen LogP contribution in [0, 0.1) is 5.82 Å². The number of methoxy groups -OCH3 is 3. The van der Waals surface area contributed by atoms with E-state index in [1.54, 1.807) is 18.2 Å². The van der Waals surface area contributed by atoms with Crippen LogP contribution in [0.2, 0.25) is 0 Å². The number of hydrogen-bond donors (Lipinski definition) is 1. The molecule has 0 radical (unpaired) electrons. The average Bonchev–Trinajstić information content (AvgIpc) is 2.90. The lowest BCUT2D eigenvalue weighted by Crippen LogP contribution is -2.40. The topological polar surface area (TPSA) is 103 Å². The molecule has 0 bridgehead atoms. The maximum Gasteiger partial charge on any atom is 0.264 e. The Morgan fingerprint density at radius 3 is 2.08 bits per heavy atom. The molecule has 1 amide bonds. The van der Waals surface area contributed by atoms with Crippen LogP contribution in [-0.4, -0.2) is 48.3 Å². The summed E-state index contributed by atoms with van der Waals surface area (Å²) in [5.41, 5.74) is 0.843. The number of nitrogens with zero attached hydrogens (tertiary/aromatic N) is 1. The lowest BCUT2D eigenvalue weighted by atomic mass is 10.2. The summed E-state index contributed by atoms with van der Waals surface area (Å²) in [4.78, 5) is 12.8. The van der Waals surface area contributed by atoms with Crippen LogP contribution in [0.15, 0.2) is 65.6 Å². The minimum absolute atomic E-state index is 0.0421. The Labute approximate surface area is 222 Å². The van der Waals surface area contributed by atoms with Gasteiger partial charge in [0, 0.05) is 12.6 Å². The van der Waals surface area contributed by atoms with Crippen molar-refractivity contribution in [2.45, 2.75) is 31.4 Å². The summed E-state index contributed by atoms with van der Waals surface area (Å²) in [6.45, 7) is 3.37. The molecule has 1 N–H and O–H groups in total. The van der Waals surface area contributed by atoms with E-state index in [9.17, 15) is 17.6 Å². The van der Waals surface area contributed by atoms with Crippen molar-refractivity contribution >= 4 is 21.6 Å².